The molecule has 170 valence electrons. The molecule has 1 N–H and O–H groups in total. The summed E-state index contributed by atoms with van der Waals surface area (Å²) < 4.78 is 10.3. The summed E-state index contributed by atoms with van der Waals surface area (Å²) in [5.74, 6) is -3.37. The Morgan fingerprint density at radius 2 is 1.40 bits per heavy atom. The summed E-state index contributed by atoms with van der Waals surface area (Å²) in [4.78, 5) is 49.3. The second-order valence-corrected chi connectivity index (χ2v) is 13.7. The number of carbonyl (C=O) groups excluding carboxylic acids is 3. The second-order valence-electron chi connectivity index (χ2n) is 8.13. The Morgan fingerprint density at radius 3 is 1.83 bits per heavy atom. The first-order valence-corrected chi connectivity index (χ1v) is 13.8. The zero-order valence-electron chi connectivity index (χ0n) is 17.1. The predicted molar refractivity (Wildman–Crippen MR) is 135 cm³/mol. The van der Waals surface area contributed by atoms with Gasteiger partial charge in [-0.05, 0) is 51.9 Å². The van der Waals surface area contributed by atoms with E-state index in [9.17, 15) is 24.3 Å². The molecule has 0 heterocycles. The van der Waals surface area contributed by atoms with E-state index in [1.807, 2.05) is 52.1 Å². The summed E-state index contributed by atoms with van der Waals surface area (Å²) >= 11 is 5.98. The molecule has 2 aliphatic rings. The zero-order valence-corrected chi connectivity index (χ0v) is 23.5. The highest BCUT2D eigenvalue weighted by Gasteiger charge is 2.53. The number of carboxylic acids is 1. The first-order chi connectivity index (χ1) is 13.9. The second kappa shape index (κ2) is 11.4. The fraction of sp³-hybridized carbons (Fsp3) is 0.800. The first-order valence-electron chi connectivity index (χ1n) is 10.0. The van der Waals surface area contributed by atoms with E-state index in [4.69, 9.17) is 9.47 Å². The van der Waals surface area contributed by atoms with E-state index in [2.05, 4.69) is 22.6 Å². The van der Waals surface area contributed by atoms with Gasteiger partial charge in [-0.1, -0.05) is 67.8 Å². The molecular weight excluding hydrogens is 733 g/mol. The van der Waals surface area contributed by atoms with E-state index in [0.29, 0.717) is 6.42 Å². The van der Waals surface area contributed by atoms with E-state index in [-0.39, 0.29) is 37.9 Å². The molecule has 7 nitrogen and oxygen atoms in total. The van der Waals surface area contributed by atoms with Gasteiger partial charge < -0.3 is 14.6 Å². The topological polar surface area (TPSA) is 107 Å². The number of esters is 2. The van der Waals surface area contributed by atoms with E-state index in [1.165, 1.54) is 0 Å². The van der Waals surface area contributed by atoms with Crippen molar-refractivity contribution in [2.45, 2.75) is 70.4 Å². The largest absolute Gasteiger partial charge is 0.481 e. The highest BCUT2D eigenvalue weighted by molar-refractivity contribution is 14.1. The van der Waals surface area contributed by atoms with Crippen molar-refractivity contribution in [3.05, 3.63) is 0 Å². The molecule has 10 heteroatoms. The Bertz CT molecular complexity index is 679. The lowest BCUT2D eigenvalue weighted by Crippen LogP contribution is -2.53. The molecular formula is C20H27I3O7. The van der Waals surface area contributed by atoms with Gasteiger partial charge in [-0.15, -0.1) is 0 Å². The maximum absolute atomic E-state index is 12.6. The molecule has 0 bridgehead atoms. The molecule has 2 aliphatic carbocycles. The Kier molecular flexibility index (Phi) is 10.1. The lowest BCUT2D eigenvalue weighted by Gasteiger charge is -2.48. The summed E-state index contributed by atoms with van der Waals surface area (Å²) in [5.41, 5.74) is 0. The number of halogens is 3. The van der Waals surface area contributed by atoms with Crippen molar-refractivity contribution in [2.24, 2.45) is 23.7 Å². The Balaban J connectivity index is 2.32. The first kappa shape index (κ1) is 26.5. The van der Waals surface area contributed by atoms with Gasteiger partial charge >= 0.3 is 17.9 Å². The molecule has 2 saturated carbocycles. The molecule has 0 radical (unpaired) electrons. The number of aliphatic carboxylic acids is 1. The van der Waals surface area contributed by atoms with Crippen LogP contribution < -0.4 is 0 Å². The number of hydrogen-bond acceptors (Lipinski definition) is 6. The van der Waals surface area contributed by atoms with Crippen LogP contribution in [0.3, 0.4) is 0 Å². The van der Waals surface area contributed by atoms with Crippen molar-refractivity contribution in [2.75, 3.05) is 0 Å². The van der Waals surface area contributed by atoms with Gasteiger partial charge in [-0.3, -0.25) is 19.2 Å². The molecule has 0 spiro atoms. The van der Waals surface area contributed by atoms with Crippen molar-refractivity contribution >= 4 is 91.5 Å². The molecule has 0 aromatic heterocycles. The van der Waals surface area contributed by atoms with Gasteiger partial charge in [0.1, 0.15) is 25.8 Å². The molecule has 2 fully saturated rings. The van der Waals surface area contributed by atoms with E-state index >= 15 is 0 Å². The van der Waals surface area contributed by atoms with Crippen molar-refractivity contribution in [3.63, 3.8) is 0 Å². The van der Waals surface area contributed by atoms with Gasteiger partial charge in [0, 0.05) is 12.3 Å². The lowest BCUT2D eigenvalue weighted by atomic mass is 9.58. The van der Waals surface area contributed by atoms with Crippen LogP contribution in [-0.2, 0) is 28.7 Å². The third-order valence-corrected chi connectivity index (χ3v) is 7.64. The van der Waals surface area contributed by atoms with Crippen molar-refractivity contribution in [3.8, 4) is 0 Å². The molecule has 0 aromatic rings. The standard InChI is InChI=1S/C20H27I3O7/c1-8(21)17(24)13-5-4-12(13)14-6-11(29-19(27)9(2)22)7-15(16(14)18(25)26)30-20(28)10(3)23/h8-16H,4-7H2,1-3H3,(H,25,26). The Labute approximate surface area is 217 Å². The van der Waals surface area contributed by atoms with Gasteiger partial charge in [0.05, 0.1) is 9.84 Å². The van der Waals surface area contributed by atoms with Gasteiger partial charge in [-0.2, -0.15) is 0 Å². The number of rotatable bonds is 8. The molecule has 0 amide bonds. The van der Waals surface area contributed by atoms with Gasteiger partial charge in [0.25, 0.3) is 0 Å². The quantitative estimate of drug-likeness (QED) is 0.227. The number of carboxylic acid groups (broad SMARTS) is 1. The third kappa shape index (κ3) is 6.41. The average Bonchev–Trinajstić information content (AvgIpc) is 2.59. The minimum absolute atomic E-state index is 0.104. The molecule has 30 heavy (non-hydrogen) atoms. The minimum Gasteiger partial charge on any atom is -0.481 e. The van der Waals surface area contributed by atoms with Crippen LogP contribution >= 0.6 is 67.8 Å². The van der Waals surface area contributed by atoms with Crippen LogP contribution in [0.25, 0.3) is 0 Å². The summed E-state index contributed by atoms with van der Waals surface area (Å²) in [5, 5.41) is 10.0. The highest BCUT2D eigenvalue weighted by Crippen LogP contribution is 2.50. The van der Waals surface area contributed by atoms with E-state index in [0.717, 1.165) is 12.8 Å². The fourth-order valence-corrected chi connectivity index (χ4v) is 5.17. The number of ether oxygens (including phenoxy) is 2. The number of hydrogen-bond donors (Lipinski definition) is 1. The van der Waals surface area contributed by atoms with Gasteiger partial charge in [-0.25, -0.2) is 0 Å². The average molecular weight is 760 g/mol. The summed E-state index contributed by atoms with van der Waals surface area (Å²) in [6.45, 7) is 5.24. The molecule has 0 aliphatic heterocycles. The summed E-state index contributed by atoms with van der Waals surface area (Å²) in [6, 6.07) is 0. The number of alkyl halides is 3. The van der Waals surface area contributed by atoms with Crippen molar-refractivity contribution in [1.82, 2.24) is 0 Å². The van der Waals surface area contributed by atoms with Crippen molar-refractivity contribution in [1.29, 1.82) is 0 Å². The minimum atomic E-state index is -1.04. The van der Waals surface area contributed by atoms with Crippen LogP contribution in [0, 0.1) is 23.7 Å². The van der Waals surface area contributed by atoms with Crippen LogP contribution in [-0.4, -0.2) is 52.8 Å². The maximum Gasteiger partial charge on any atom is 0.318 e. The van der Waals surface area contributed by atoms with Gasteiger partial charge in [0.15, 0.2) is 0 Å². The van der Waals surface area contributed by atoms with E-state index < -0.39 is 39.9 Å². The third-order valence-electron chi connectivity index (χ3n) is 6.01. The monoisotopic (exact) mass is 760 g/mol. The molecule has 0 saturated heterocycles. The smallest absolute Gasteiger partial charge is 0.318 e. The Morgan fingerprint density at radius 1 is 0.833 bits per heavy atom. The molecule has 2 rings (SSSR count). The number of Topliss-reactive ketones (excluding diaryl/α,β-unsaturated/α-hetero) is 1. The van der Waals surface area contributed by atoms with Gasteiger partial charge in [0.2, 0.25) is 0 Å². The van der Waals surface area contributed by atoms with E-state index in [1.54, 1.807) is 13.8 Å². The number of ketones is 1. The highest BCUT2D eigenvalue weighted by atomic mass is 127. The normalized spacial score (nSPS) is 34.1. The van der Waals surface area contributed by atoms with Crippen LogP contribution in [0.1, 0.15) is 46.5 Å². The number of carbonyl (C=O) groups is 4. The SMILES string of the molecule is CC(I)C(=O)OC1CC(OC(=O)C(C)I)C(C(=O)O)C(C2CCC2C(=O)C(C)I)C1. The fourth-order valence-electron chi connectivity index (χ4n) is 4.42. The molecule has 0 aromatic carbocycles. The molecule has 9 unspecified atom stereocenters. The van der Waals surface area contributed by atoms with Crippen LogP contribution in [0.15, 0.2) is 0 Å². The van der Waals surface area contributed by atoms with Crippen LogP contribution in [0.4, 0.5) is 0 Å². The molecule has 9 atom stereocenters. The van der Waals surface area contributed by atoms with Crippen LogP contribution in [0.2, 0.25) is 0 Å². The van der Waals surface area contributed by atoms with Crippen LogP contribution in [0.5, 0.6) is 0 Å². The van der Waals surface area contributed by atoms with Crippen molar-refractivity contribution < 1.29 is 33.8 Å². The summed E-state index contributed by atoms with van der Waals surface area (Å²) in [6.07, 6.45) is 0.591. The Hall–Kier alpha value is 0.270. The predicted octanol–water partition coefficient (Wildman–Crippen LogP) is 3.99. The lowest BCUT2D eigenvalue weighted by molar-refractivity contribution is -0.179. The summed E-state index contributed by atoms with van der Waals surface area (Å²) in [7, 11) is 0. The maximum atomic E-state index is 12.6. The zero-order chi connectivity index (χ0) is 22.7.